The van der Waals surface area contributed by atoms with E-state index < -0.39 is 5.97 Å². The SMILES string of the molecule is Cc1nnc(NCC(C)(C)CCCO)c(C(=O)O)c1C. The van der Waals surface area contributed by atoms with Crippen molar-refractivity contribution < 1.29 is 15.0 Å². The molecule has 0 amide bonds. The van der Waals surface area contributed by atoms with E-state index in [1.54, 1.807) is 13.8 Å². The second-order valence-electron chi connectivity index (χ2n) is 5.78. The van der Waals surface area contributed by atoms with E-state index in [4.69, 9.17) is 5.11 Å². The largest absolute Gasteiger partial charge is 0.478 e. The van der Waals surface area contributed by atoms with E-state index in [0.717, 1.165) is 12.8 Å². The van der Waals surface area contributed by atoms with Crippen LogP contribution in [0.2, 0.25) is 0 Å². The van der Waals surface area contributed by atoms with Gasteiger partial charge in [0, 0.05) is 13.2 Å². The molecule has 3 N–H and O–H groups in total. The van der Waals surface area contributed by atoms with Crippen molar-refractivity contribution in [1.29, 1.82) is 0 Å². The number of aliphatic hydroxyl groups is 1. The summed E-state index contributed by atoms with van der Waals surface area (Å²) in [5.74, 6) is -0.700. The summed E-state index contributed by atoms with van der Waals surface area (Å²) in [4.78, 5) is 11.4. The first kappa shape index (κ1) is 16.4. The third-order valence-corrected chi connectivity index (χ3v) is 3.41. The number of aromatic carboxylic acids is 1. The molecule has 0 aliphatic heterocycles. The number of anilines is 1. The molecule has 6 nitrogen and oxygen atoms in total. The summed E-state index contributed by atoms with van der Waals surface area (Å²) in [5.41, 5.74) is 1.37. The van der Waals surface area contributed by atoms with Crippen molar-refractivity contribution in [3.63, 3.8) is 0 Å². The summed E-state index contributed by atoms with van der Waals surface area (Å²) in [6.45, 7) is 8.33. The average Bonchev–Trinajstić information content (AvgIpc) is 2.37. The molecule has 0 aliphatic carbocycles. The van der Waals surface area contributed by atoms with Gasteiger partial charge in [0.15, 0.2) is 5.82 Å². The van der Waals surface area contributed by atoms with Crippen LogP contribution in [0.4, 0.5) is 5.82 Å². The van der Waals surface area contributed by atoms with Crippen molar-refractivity contribution in [2.75, 3.05) is 18.5 Å². The summed E-state index contributed by atoms with van der Waals surface area (Å²) >= 11 is 0. The van der Waals surface area contributed by atoms with Crippen LogP contribution in [-0.4, -0.2) is 39.5 Å². The zero-order chi connectivity index (χ0) is 15.3. The van der Waals surface area contributed by atoms with Gasteiger partial charge in [-0.1, -0.05) is 13.8 Å². The first-order chi connectivity index (χ1) is 9.28. The highest BCUT2D eigenvalue weighted by Gasteiger charge is 2.21. The predicted molar refractivity (Wildman–Crippen MR) is 77.1 cm³/mol. The van der Waals surface area contributed by atoms with Gasteiger partial charge in [0.05, 0.1) is 5.69 Å². The Kier molecular flexibility index (Phi) is 5.44. The quantitative estimate of drug-likeness (QED) is 0.707. The number of nitrogens with one attached hydrogen (secondary N) is 1. The molecule has 20 heavy (non-hydrogen) atoms. The van der Waals surface area contributed by atoms with Gasteiger partial charge in [0.1, 0.15) is 5.56 Å². The Morgan fingerprint density at radius 1 is 1.30 bits per heavy atom. The maximum atomic E-state index is 11.4. The number of hydrogen-bond donors (Lipinski definition) is 3. The van der Waals surface area contributed by atoms with E-state index in [0.29, 0.717) is 23.6 Å². The molecule has 0 unspecified atom stereocenters. The molecule has 112 valence electrons. The molecule has 1 aromatic heterocycles. The Morgan fingerprint density at radius 2 is 1.95 bits per heavy atom. The summed E-state index contributed by atoms with van der Waals surface area (Å²) in [6.07, 6.45) is 1.57. The number of aromatic nitrogens is 2. The lowest BCUT2D eigenvalue weighted by molar-refractivity contribution is 0.0696. The minimum Gasteiger partial charge on any atom is -0.478 e. The van der Waals surface area contributed by atoms with Crippen molar-refractivity contribution in [1.82, 2.24) is 10.2 Å². The Hall–Kier alpha value is -1.69. The van der Waals surface area contributed by atoms with Crippen LogP contribution < -0.4 is 5.32 Å². The molecule has 0 spiro atoms. The number of rotatable bonds is 7. The molecule has 0 bridgehead atoms. The number of carboxylic acid groups (broad SMARTS) is 1. The summed E-state index contributed by atoms with van der Waals surface area (Å²) in [7, 11) is 0. The van der Waals surface area contributed by atoms with Crippen LogP contribution in [-0.2, 0) is 0 Å². The van der Waals surface area contributed by atoms with Crippen LogP contribution >= 0.6 is 0 Å². The van der Waals surface area contributed by atoms with Gasteiger partial charge in [0.25, 0.3) is 0 Å². The number of carbonyl (C=O) groups is 1. The summed E-state index contributed by atoms with van der Waals surface area (Å²) < 4.78 is 0. The highest BCUT2D eigenvalue weighted by molar-refractivity contribution is 5.94. The minimum absolute atomic E-state index is 0.0566. The van der Waals surface area contributed by atoms with Crippen molar-refractivity contribution >= 4 is 11.8 Å². The first-order valence-corrected chi connectivity index (χ1v) is 6.70. The van der Waals surface area contributed by atoms with Crippen molar-refractivity contribution in [3.8, 4) is 0 Å². The number of aliphatic hydroxyl groups excluding tert-OH is 1. The van der Waals surface area contributed by atoms with Crippen LogP contribution in [0.15, 0.2) is 0 Å². The Labute approximate surface area is 119 Å². The molecule has 0 radical (unpaired) electrons. The molecule has 1 heterocycles. The number of aryl methyl sites for hydroxylation is 1. The number of carboxylic acids is 1. The molecule has 1 aromatic rings. The third kappa shape index (κ3) is 4.16. The molecule has 0 aliphatic rings. The Morgan fingerprint density at radius 3 is 2.50 bits per heavy atom. The van der Waals surface area contributed by atoms with Gasteiger partial charge in [-0.15, -0.1) is 5.10 Å². The average molecular weight is 281 g/mol. The molecule has 0 saturated carbocycles. The van der Waals surface area contributed by atoms with Gasteiger partial charge < -0.3 is 15.5 Å². The van der Waals surface area contributed by atoms with Crippen LogP contribution in [0.3, 0.4) is 0 Å². The van der Waals surface area contributed by atoms with Gasteiger partial charge >= 0.3 is 5.97 Å². The minimum atomic E-state index is -1.00. The van der Waals surface area contributed by atoms with Gasteiger partial charge in [0.2, 0.25) is 0 Å². The van der Waals surface area contributed by atoms with Gasteiger partial charge in [-0.05, 0) is 37.7 Å². The van der Waals surface area contributed by atoms with Crippen LogP contribution in [0.1, 0.15) is 48.3 Å². The highest BCUT2D eigenvalue weighted by atomic mass is 16.4. The fourth-order valence-corrected chi connectivity index (χ4v) is 1.96. The predicted octanol–water partition coefficient (Wildman–Crippen LogP) is 2.00. The van der Waals surface area contributed by atoms with E-state index in [1.807, 2.05) is 0 Å². The fourth-order valence-electron chi connectivity index (χ4n) is 1.96. The van der Waals surface area contributed by atoms with Crippen LogP contribution in [0.5, 0.6) is 0 Å². The van der Waals surface area contributed by atoms with Gasteiger partial charge in [-0.3, -0.25) is 0 Å². The van der Waals surface area contributed by atoms with Crippen LogP contribution in [0, 0.1) is 19.3 Å². The molecule has 0 fully saturated rings. The van der Waals surface area contributed by atoms with Gasteiger partial charge in [-0.2, -0.15) is 5.10 Å². The van der Waals surface area contributed by atoms with E-state index in [9.17, 15) is 9.90 Å². The first-order valence-electron chi connectivity index (χ1n) is 6.70. The topological polar surface area (TPSA) is 95.3 Å². The smallest absolute Gasteiger partial charge is 0.339 e. The van der Waals surface area contributed by atoms with E-state index in [2.05, 4.69) is 29.4 Å². The maximum absolute atomic E-state index is 11.4. The zero-order valence-corrected chi connectivity index (χ0v) is 12.5. The van der Waals surface area contributed by atoms with E-state index in [-0.39, 0.29) is 17.6 Å². The monoisotopic (exact) mass is 281 g/mol. The molecule has 0 aromatic carbocycles. The zero-order valence-electron chi connectivity index (χ0n) is 12.5. The summed E-state index contributed by atoms with van der Waals surface area (Å²) in [5, 5.41) is 29.2. The van der Waals surface area contributed by atoms with Crippen molar-refractivity contribution in [3.05, 3.63) is 16.8 Å². The van der Waals surface area contributed by atoms with E-state index in [1.165, 1.54) is 0 Å². The second-order valence-corrected chi connectivity index (χ2v) is 5.78. The van der Waals surface area contributed by atoms with Crippen molar-refractivity contribution in [2.24, 2.45) is 5.41 Å². The second kappa shape index (κ2) is 6.65. The molecular weight excluding hydrogens is 258 g/mol. The number of hydrogen-bond acceptors (Lipinski definition) is 5. The summed E-state index contributed by atoms with van der Waals surface area (Å²) in [6, 6.07) is 0. The molecule has 6 heteroatoms. The number of nitrogens with zero attached hydrogens (tertiary/aromatic N) is 2. The van der Waals surface area contributed by atoms with Crippen LogP contribution in [0.25, 0.3) is 0 Å². The standard InChI is InChI=1S/C14H23N3O3/c1-9-10(2)16-17-12(11(9)13(19)20)15-8-14(3,4)6-5-7-18/h18H,5-8H2,1-4H3,(H,15,17)(H,19,20). The lowest BCUT2D eigenvalue weighted by Gasteiger charge is -2.25. The normalized spacial score (nSPS) is 11.4. The molecule has 0 atom stereocenters. The van der Waals surface area contributed by atoms with Gasteiger partial charge in [-0.25, -0.2) is 4.79 Å². The third-order valence-electron chi connectivity index (χ3n) is 3.41. The van der Waals surface area contributed by atoms with Crippen molar-refractivity contribution in [2.45, 2.75) is 40.5 Å². The fraction of sp³-hybridized carbons (Fsp3) is 0.643. The highest BCUT2D eigenvalue weighted by Crippen LogP contribution is 2.24. The molecule has 0 saturated heterocycles. The molecular formula is C14H23N3O3. The molecule has 1 rings (SSSR count). The Bertz CT molecular complexity index is 487. The maximum Gasteiger partial charge on any atom is 0.339 e. The van der Waals surface area contributed by atoms with E-state index >= 15 is 0 Å². The lowest BCUT2D eigenvalue weighted by atomic mass is 9.88. The Balaban J connectivity index is 2.88. The lowest BCUT2D eigenvalue weighted by Crippen LogP contribution is -2.25.